The Balaban J connectivity index is 1.78. The van der Waals surface area contributed by atoms with Gasteiger partial charge in [-0.1, -0.05) is 36.7 Å². The van der Waals surface area contributed by atoms with Gasteiger partial charge in [0, 0.05) is 29.6 Å². The Bertz CT molecular complexity index is 843. The van der Waals surface area contributed by atoms with E-state index in [0.29, 0.717) is 11.6 Å². The summed E-state index contributed by atoms with van der Waals surface area (Å²) in [6.45, 7) is 2.71. The van der Waals surface area contributed by atoms with Crippen molar-refractivity contribution in [2.45, 2.75) is 19.9 Å². The van der Waals surface area contributed by atoms with Crippen molar-refractivity contribution < 1.29 is 4.74 Å². The first-order valence-corrected chi connectivity index (χ1v) is 8.92. The smallest absolute Gasteiger partial charge is 0.216 e. The largest absolute Gasteiger partial charge is 0.481 e. The fraction of sp³-hybridized carbons (Fsp3) is 0.294. The van der Waals surface area contributed by atoms with E-state index in [1.54, 1.807) is 23.1 Å². The zero-order valence-electron chi connectivity index (χ0n) is 13.8. The van der Waals surface area contributed by atoms with Crippen LogP contribution in [0.4, 0.5) is 5.13 Å². The van der Waals surface area contributed by atoms with Crippen LogP contribution in [0.15, 0.2) is 29.6 Å². The average molecular weight is 363 g/mol. The van der Waals surface area contributed by atoms with Gasteiger partial charge in [0.1, 0.15) is 0 Å². The molecule has 0 unspecified atom stereocenters. The second kappa shape index (κ2) is 7.23. The number of aryl methyl sites for hydroxylation is 2. The Morgan fingerprint density at radius 1 is 1.33 bits per heavy atom. The molecule has 0 saturated carbocycles. The van der Waals surface area contributed by atoms with Crippen LogP contribution in [0.5, 0.6) is 5.88 Å². The predicted octanol–water partition coefficient (Wildman–Crippen LogP) is 4.38. The van der Waals surface area contributed by atoms with Gasteiger partial charge in [-0.3, -0.25) is 0 Å². The highest BCUT2D eigenvalue weighted by atomic mass is 35.5. The molecule has 3 aromatic rings. The Morgan fingerprint density at radius 3 is 2.83 bits per heavy atom. The predicted molar refractivity (Wildman–Crippen MR) is 99.0 cm³/mol. The van der Waals surface area contributed by atoms with Crippen LogP contribution in [0.25, 0.3) is 11.3 Å². The van der Waals surface area contributed by atoms with Crippen LogP contribution in [-0.2, 0) is 20.0 Å². The molecule has 1 aromatic carbocycles. The van der Waals surface area contributed by atoms with Crippen molar-refractivity contribution in [3.05, 3.63) is 45.9 Å². The van der Waals surface area contributed by atoms with E-state index in [0.717, 1.165) is 39.9 Å². The van der Waals surface area contributed by atoms with Gasteiger partial charge >= 0.3 is 0 Å². The lowest BCUT2D eigenvalue weighted by Crippen LogP contribution is -2.03. The lowest BCUT2D eigenvalue weighted by molar-refractivity contribution is 0.370. The molecule has 7 heteroatoms. The number of thiazole rings is 1. The second-order valence-electron chi connectivity index (χ2n) is 5.28. The summed E-state index contributed by atoms with van der Waals surface area (Å²) in [6, 6.07) is 7.72. The Hall–Kier alpha value is -2.05. The molecule has 0 atom stereocenters. The van der Waals surface area contributed by atoms with Crippen LogP contribution in [-0.4, -0.2) is 21.9 Å². The molecule has 3 rings (SSSR count). The van der Waals surface area contributed by atoms with Crippen molar-refractivity contribution in [1.82, 2.24) is 14.8 Å². The number of halogens is 1. The standard InChI is InChI=1S/C17H19ClN4OS/c1-4-14-12(16(23-3)22(2)21-14)9-19-17-20-15(10-24-17)11-7-5-6-8-13(11)18/h5-8,10H,4,9H2,1-3H3,(H,19,20). The van der Waals surface area contributed by atoms with Gasteiger partial charge in [0.2, 0.25) is 5.88 Å². The lowest BCUT2D eigenvalue weighted by Gasteiger charge is -2.06. The van der Waals surface area contributed by atoms with E-state index in [2.05, 4.69) is 22.3 Å². The van der Waals surface area contributed by atoms with Gasteiger partial charge in [0.15, 0.2) is 5.13 Å². The molecular formula is C17H19ClN4OS. The summed E-state index contributed by atoms with van der Waals surface area (Å²) in [6.07, 6.45) is 0.858. The Morgan fingerprint density at radius 2 is 2.12 bits per heavy atom. The molecule has 5 nitrogen and oxygen atoms in total. The molecular weight excluding hydrogens is 344 g/mol. The van der Waals surface area contributed by atoms with Crippen LogP contribution in [0.3, 0.4) is 0 Å². The van der Waals surface area contributed by atoms with Crippen LogP contribution in [0.2, 0.25) is 5.02 Å². The SMILES string of the molecule is CCc1nn(C)c(OC)c1CNc1nc(-c2ccccc2Cl)cs1. The third-order valence-corrected chi connectivity index (χ3v) is 4.90. The summed E-state index contributed by atoms with van der Waals surface area (Å²) in [7, 11) is 3.55. The number of methoxy groups -OCH3 is 1. The second-order valence-corrected chi connectivity index (χ2v) is 6.55. The Kier molecular flexibility index (Phi) is 5.06. The fourth-order valence-corrected chi connectivity index (χ4v) is 3.58. The van der Waals surface area contributed by atoms with Gasteiger partial charge in [-0.25, -0.2) is 9.67 Å². The third-order valence-electron chi connectivity index (χ3n) is 3.77. The fourth-order valence-electron chi connectivity index (χ4n) is 2.63. The summed E-state index contributed by atoms with van der Waals surface area (Å²) in [5.74, 6) is 0.780. The number of rotatable bonds is 6. The first-order valence-electron chi connectivity index (χ1n) is 7.67. The van der Waals surface area contributed by atoms with E-state index < -0.39 is 0 Å². The van der Waals surface area contributed by atoms with Gasteiger partial charge in [-0.15, -0.1) is 11.3 Å². The van der Waals surface area contributed by atoms with Gasteiger partial charge < -0.3 is 10.1 Å². The van der Waals surface area contributed by atoms with Crippen molar-refractivity contribution in [1.29, 1.82) is 0 Å². The number of aromatic nitrogens is 3. The maximum absolute atomic E-state index is 6.24. The van der Waals surface area contributed by atoms with E-state index in [1.165, 1.54) is 0 Å². The van der Waals surface area contributed by atoms with Crippen LogP contribution < -0.4 is 10.1 Å². The molecule has 0 aliphatic rings. The number of ether oxygens (including phenoxy) is 1. The highest BCUT2D eigenvalue weighted by Crippen LogP contribution is 2.31. The molecule has 0 bridgehead atoms. The van der Waals surface area contributed by atoms with Crippen LogP contribution in [0.1, 0.15) is 18.2 Å². The molecule has 1 N–H and O–H groups in total. The molecule has 0 aliphatic heterocycles. The quantitative estimate of drug-likeness (QED) is 0.707. The number of hydrogen-bond donors (Lipinski definition) is 1. The van der Waals surface area contributed by atoms with E-state index in [4.69, 9.17) is 16.3 Å². The molecule has 0 radical (unpaired) electrons. The number of anilines is 1. The minimum absolute atomic E-state index is 0.621. The molecule has 2 aromatic heterocycles. The molecule has 24 heavy (non-hydrogen) atoms. The van der Waals surface area contributed by atoms with E-state index in [9.17, 15) is 0 Å². The van der Waals surface area contributed by atoms with E-state index in [-0.39, 0.29) is 0 Å². The van der Waals surface area contributed by atoms with Gasteiger partial charge in [-0.05, 0) is 12.5 Å². The van der Waals surface area contributed by atoms with Crippen molar-refractivity contribution in [2.24, 2.45) is 7.05 Å². The topological polar surface area (TPSA) is 52.0 Å². The van der Waals surface area contributed by atoms with Gasteiger partial charge in [0.05, 0.1) is 24.1 Å². The number of nitrogens with one attached hydrogen (secondary N) is 1. The number of nitrogens with zero attached hydrogens (tertiary/aromatic N) is 3. The first-order chi connectivity index (χ1) is 11.6. The summed E-state index contributed by atoms with van der Waals surface area (Å²) in [5.41, 5.74) is 3.92. The molecule has 0 amide bonds. The zero-order valence-corrected chi connectivity index (χ0v) is 15.4. The first kappa shape index (κ1) is 16.8. The summed E-state index contributed by atoms with van der Waals surface area (Å²) in [5, 5.41) is 11.4. The number of benzene rings is 1. The Labute approximate surface area is 150 Å². The maximum Gasteiger partial charge on any atom is 0.216 e. The molecule has 0 aliphatic carbocycles. The minimum atomic E-state index is 0.621. The van der Waals surface area contributed by atoms with E-state index >= 15 is 0 Å². The van der Waals surface area contributed by atoms with Crippen LogP contribution in [0, 0.1) is 0 Å². The van der Waals surface area contributed by atoms with Gasteiger partial charge in [-0.2, -0.15) is 5.10 Å². The lowest BCUT2D eigenvalue weighted by atomic mass is 10.2. The highest BCUT2D eigenvalue weighted by Gasteiger charge is 2.16. The summed E-state index contributed by atoms with van der Waals surface area (Å²) < 4.78 is 7.23. The van der Waals surface area contributed by atoms with Crippen molar-refractivity contribution in [3.8, 4) is 17.1 Å². The monoisotopic (exact) mass is 362 g/mol. The molecule has 126 valence electrons. The van der Waals surface area contributed by atoms with Gasteiger partial charge in [0.25, 0.3) is 0 Å². The molecule has 2 heterocycles. The summed E-state index contributed by atoms with van der Waals surface area (Å²) >= 11 is 7.80. The number of hydrogen-bond acceptors (Lipinski definition) is 5. The average Bonchev–Trinajstić information content (AvgIpc) is 3.17. The van der Waals surface area contributed by atoms with Crippen molar-refractivity contribution in [2.75, 3.05) is 12.4 Å². The third kappa shape index (κ3) is 3.25. The minimum Gasteiger partial charge on any atom is -0.481 e. The van der Waals surface area contributed by atoms with Crippen LogP contribution >= 0.6 is 22.9 Å². The van der Waals surface area contributed by atoms with Crippen molar-refractivity contribution in [3.63, 3.8) is 0 Å². The van der Waals surface area contributed by atoms with Crippen molar-refractivity contribution >= 4 is 28.1 Å². The highest BCUT2D eigenvalue weighted by molar-refractivity contribution is 7.14. The normalized spacial score (nSPS) is 10.8. The maximum atomic E-state index is 6.24. The van der Waals surface area contributed by atoms with E-state index in [1.807, 2.05) is 36.7 Å². The molecule has 0 spiro atoms. The molecule has 0 fully saturated rings. The molecule has 0 saturated heterocycles. The summed E-state index contributed by atoms with van der Waals surface area (Å²) in [4.78, 5) is 4.63. The zero-order chi connectivity index (χ0) is 17.1.